The Morgan fingerprint density at radius 1 is 0.957 bits per heavy atom. The van der Waals surface area contributed by atoms with Crippen LogP contribution in [-0.4, -0.2) is 12.5 Å². The van der Waals surface area contributed by atoms with Gasteiger partial charge >= 0.3 is 0 Å². The second-order valence-corrected chi connectivity index (χ2v) is 5.67. The van der Waals surface area contributed by atoms with Crippen molar-refractivity contribution >= 4 is 5.91 Å². The molecule has 0 spiro atoms. The van der Waals surface area contributed by atoms with Crippen LogP contribution in [0, 0.1) is 0 Å². The monoisotopic (exact) mass is 311 g/mol. The molecule has 0 aliphatic rings. The van der Waals surface area contributed by atoms with Gasteiger partial charge in [-0.3, -0.25) is 4.79 Å². The van der Waals surface area contributed by atoms with Crippen molar-refractivity contribution < 1.29 is 9.53 Å². The van der Waals surface area contributed by atoms with E-state index in [1.807, 2.05) is 31.2 Å². The van der Waals surface area contributed by atoms with Crippen LogP contribution in [-0.2, 0) is 17.6 Å². The lowest BCUT2D eigenvalue weighted by atomic mass is 10.1. The summed E-state index contributed by atoms with van der Waals surface area (Å²) in [5.74, 6) is 0.605. The molecule has 1 amide bonds. The molecule has 2 rings (SSSR count). The third-order valence-electron chi connectivity index (χ3n) is 3.97. The average molecular weight is 311 g/mol. The van der Waals surface area contributed by atoms with E-state index < -0.39 is 0 Å². The summed E-state index contributed by atoms with van der Waals surface area (Å²) < 4.78 is 5.53. The van der Waals surface area contributed by atoms with Crippen LogP contribution in [0.1, 0.15) is 43.5 Å². The molecule has 3 nitrogen and oxygen atoms in total. The number of rotatable bonds is 7. The van der Waals surface area contributed by atoms with Crippen LogP contribution in [0.4, 0.5) is 0 Å². The second kappa shape index (κ2) is 8.37. The predicted molar refractivity (Wildman–Crippen MR) is 93.7 cm³/mol. The zero-order chi connectivity index (χ0) is 16.7. The van der Waals surface area contributed by atoms with Crippen LogP contribution >= 0.6 is 0 Å². The first kappa shape index (κ1) is 17.1. The Morgan fingerprint density at radius 2 is 1.48 bits per heavy atom. The minimum atomic E-state index is -0.114. The minimum Gasteiger partial charge on any atom is -0.484 e. The Morgan fingerprint density at radius 3 is 2.00 bits per heavy atom. The molecular formula is C20H25NO2. The minimum absolute atomic E-state index is 0.0283. The molecule has 0 aliphatic heterocycles. The van der Waals surface area contributed by atoms with Gasteiger partial charge in [-0.15, -0.1) is 0 Å². The number of ether oxygens (including phenoxy) is 1. The molecule has 2 aromatic rings. The fourth-order valence-corrected chi connectivity index (χ4v) is 2.38. The van der Waals surface area contributed by atoms with Crippen molar-refractivity contribution in [2.24, 2.45) is 0 Å². The number of carbonyl (C=O) groups is 1. The SMILES string of the molecule is CCc1ccc(OCC(=O)N[C@H](C)c2ccc(CC)cc2)cc1. The third-order valence-corrected chi connectivity index (χ3v) is 3.97. The van der Waals surface area contributed by atoms with Gasteiger partial charge in [0, 0.05) is 0 Å². The molecule has 0 heterocycles. The van der Waals surface area contributed by atoms with Gasteiger partial charge in [0.05, 0.1) is 6.04 Å². The molecule has 0 unspecified atom stereocenters. The highest BCUT2D eigenvalue weighted by Crippen LogP contribution is 2.15. The maximum absolute atomic E-state index is 12.0. The van der Waals surface area contributed by atoms with Gasteiger partial charge in [-0.05, 0) is 48.6 Å². The van der Waals surface area contributed by atoms with Crippen molar-refractivity contribution in [2.45, 2.75) is 39.7 Å². The van der Waals surface area contributed by atoms with E-state index in [4.69, 9.17) is 4.74 Å². The van der Waals surface area contributed by atoms with Crippen LogP contribution in [0.25, 0.3) is 0 Å². The normalized spacial score (nSPS) is 11.8. The summed E-state index contributed by atoms with van der Waals surface area (Å²) in [5, 5.41) is 2.96. The van der Waals surface area contributed by atoms with Gasteiger partial charge in [0.15, 0.2) is 6.61 Å². The molecule has 23 heavy (non-hydrogen) atoms. The largest absolute Gasteiger partial charge is 0.484 e. The number of hydrogen-bond acceptors (Lipinski definition) is 2. The molecule has 0 aliphatic carbocycles. The quantitative estimate of drug-likeness (QED) is 0.837. The lowest BCUT2D eigenvalue weighted by Gasteiger charge is -2.15. The Balaban J connectivity index is 1.83. The van der Waals surface area contributed by atoms with Crippen LogP contribution < -0.4 is 10.1 Å². The van der Waals surface area contributed by atoms with Gasteiger partial charge in [0.2, 0.25) is 0 Å². The lowest BCUT2D eigenvalue weighted by Crippen LogP contribution is -2.31. The molecule has 0 saturated carbocycles. The first-order chi connectivity index (χ1) is 11.1. The van der Waals surface area contributed by atoms with Gasteiger partial charge in [-0.25, -0.2) is 0 Å². The molecular weight excluding hydrogens is 286 g/mol. The summed E-state index contributed by atoms with van der Waals surface area (Å²) in [6.45, 7) is 6.25. The molecule has 0 aromatic heterocycles. The van der Waals surface area contributed by atoms with Crippen molar-refractivity contribution in [2.75, 3.05) is 6.61 Å². The second-order valence-electron chi connectivity index (χ2n) is 5.67. The van der Waals surface area contributed by atoms with E-state index in [0.29, 0.717) is 0 Å². The fraction of sp³-hybridized carbons (Fsp3) is 0.350. The third kappa shape index (κ3) is 5.13. The summed E-state index contributed by atoms with van der Waals surface area (Å²) >= 11 is 0. The first-order valence-corrected chi connectivity index (χ1v) is 8.22. The first-order valence-electron chi connectivity index (χ1n) is 8.22. The van der Waals surface area contributed by atoms with Crippen LogP contribution in [0.2, 0.25) is 0 Å². The van der Waals surface area contributed by atoms with Crippen molar-refractivity contribution in [1.82, 2.24) is 5.32 Å². The maximum Gasteiger partial charge on any atom is 0.258 e. The number of benzene rings is 2. The number of amides is 1. The van der Waals surface area contributed by atoms with E-state index in [-0.39, 0.29) is 18.6 Å². The molecule has 3 heteroatoms. The highest BCUT2D eigenvalue weighted by atomic mass is 16.5. The van der Waals surface area contributed by atoms with Crippen LogP contribution in [0.3, 0.4) is 0 Å². The molecule has 0 radical (unpaired) electrons. The molecule has 2 aromatic carbocycles. The van der Waals surface area contributed by atoms with Gasteiger partial charge in [-0.2, -0.15) is 0 Å². The van der Waals surface area contributed by atoms with Crippen LogP contribution in [0.15, 0.2) is 48.5 Å². The number of hydrogen-bond donors (Lipinski definition) is 1. The summed E-state index contributed by atoms with van der Waals surface area (Å²) in [4.78, 5) is 12.0. The molecule has 1 atom stereocenters. The van der Waals surface area contributed by atoms with Gasteiger partial charge in [-0.1, -0.05) is 50.2 Å². The smallest absolute Gasteiger partial charge is 0.258 e. The van der Waals surface area contributed by atoms with Crippen molar-refractivity contribution in [3.8, 4) is 5.75 Å². The molecule has 122 valence electrons. The molecule has 0 saturated heterocycles. The summed E-state index contributed by atoms with van der Waals surface area (Å²) in [6, 6.07) is 16.1. The number of aryl methyl sites for hydroxylation is 2. The van der Waals surface area contributed by atoms with Gasteiger partial charge < -0.3 is 10.1 Å². The summed E-state index contributed by atoms with van der Waals surface area (Å²) in [7, 11) is 0. The topological polar surface area (TPSA) is 38.3 Å². The Bertz CT molecular complexity index is 617. The summed E-state index contributed by atoms with van der Waals surface area (Å²) in [5.41, 5.74) is 3.65. The van der Waals surface area contributed by atoms with Crippen molar-refractivity contribution in [3.63, 3.8) is 0 Å². The van der Waals surface area contributed by atoms with Crippen LogP contribution in [0.5, 0.6) is 5.75 Å². The molecule has 0 fully saturated rings. The lowest BCUT2D eigenvalue weighted by molar-refractivity contribution is -0.123. The van der Waals surface area contributed by atoms with E-state index in [2.05, 4.69) is 43.4 Å². The predicted octanol–water partition coefficient (Wildman–Crippen LogP) is 4.07. The molecule has 0 bridgehead atoms. The number of carbonyl (C=O) groups excluding carboxylic acids is 1. The van der Waals surface area contributed by atoms with E-state index in [0.717, 1.165) is 24.2 Å². The highest BCUT2D eigenvalue weighted by Gasteiger charge is 2.10. The zero-order valence-corrected chi connectivity index (χ0v) is 14.1. The van der Waals surface area contributed by atoms with E-state index >= 15 is 0 Å². The van der Waals surface area contributed by atoms with Crippen molar-refractivity contribution in [1.29, 1.82) is 0 Å². The van der Waals surface area contributed by atoms with E-state index in [1.54, 1.807) is 0 Å². The van der Waals surface area contributed by atoms with E-state index in [9.17, 15) is 4.79 Å². The maximum atomic E-state index is 12.0. The number of nitrogens with one attached hydrogen (secondary N) is 1. The Kier molecular flexibility index (Phi) is 6.21. The fourth-order valence-electron chi connectivity index (χ4n) is 2.38. The molecule has 1 N–H and O–H groups in total. The van der Waals surface area contributed by atoms with Crippen molar-refractivity contribution in [3.05, 3.63) is 65.2 Å². The average Bonchev–Trinajstić information content (AvgIpc) is 2.60. The zero-order valence-electron chi connectivity index (χ0n) is 14.1. The van der Waals surface area contributed by atoms with Gasteiger partial charge in [0.1, 0.15) is 5.75 Å². The Hall–Kier alpha value is -2.29. The Labute approximate surface area is 138 Å². The van der Waals surface area contributed by atoms with E-state index in [1.165, 1.54) is 11.1 Å². The highest BCUT2D eigenvalue weighted by molar-refractivity contribution is 5.78. The van der Waals surface area contributed by atoms with Gasteiger partial charge in [0.25, 0.3) is 5.91 Å². The summed E-state index contributed by atoms with van der Waals surface area (Å²) in [6.07, 6.45) is 2.01. The standard InChI is InChI=1S/C20H25NO2/c1-4-16-6-10-18(11-7-16)15(3)21-20(22)14-23-19-12-8-17(5-2)9-13-19/h6-13,15H,4-5,14H2,1-3H3,(H,21,22)/t15-/m1/s1.